The SMILES string of the molecule is CCNCc1cn(CC(=O)N(CC(C)C)CC(C)C)nn1. The zero-order valence-electron chi connectivity index (χ0n) is 14.0. The van der Waals surface area contributed by atoms with Crippen molar-refractivity contribution in [3.05, 3.63) is 11.9 Å². The van der Waals surface area contributed by atoms with Crippen LogP contribution < -0.4 is 5.32 Å². The molecular formula is C15H29N5O. The van der Waals surface area contributed by atoms with Gasteiger partial charge in [-0.1, -0.05) is 39.8 Å². The van der Waals surface area contributed by atoms with Crippen molar-refractivity contribution < 1.29 is 4.79 Å². The van der Waals surface area contributed by atoms with Crippen LogP contribution in [0.4, 0.5) is 0 Å². The third kappa shape index (κ3) is 6.71. The molecule has 6 nitrogen and oxygen atoms in total. The van der Waals surface area contributed by atoms with Gasteiger partial charge in [0.25, 0.3) is 0 Å². The van der Waals surface area contributed by atoms with Crippen LogP contribution in [-0.2, 0) is 17.9 Å². The molecule has 1 aromatic rings. The van der Waals surface area contributed by atoms with Crippen LogP contribution in [0.1, 0.15) is 40.3 Å². The monoisotopic (exact) mass is 295 g/mol. The predicted octanol–water partition coefficient (Wildman–Crippen LogP) is 1.53. The van der Waals surface area contributed by atoms with Crippen molar-refractivity contribution in [1.82, 2.24) is 25.2 Å². The van der Waals surface area contributed by atoms with Gasteiger partial charge in [0.2, 0.25) is 5.91 Å². The Morgan fingerprint density at radius 1 is 1.29 bits per heavy atom. The topological polar surface area (TPSA) is 63.1 Å². The van der Waals surface area contributed by atoms with Gasteiger partial charge in [-0.2, -0.15) is 0 Å². The number of carbonyl (C=O) groups is 1. The van der Waals surface area contributed by atoms with E-state index in [-0.39, 0.29) is 12.5 Å². The lowest BCUT2D eigenvalue weighted by molar-refractivity contribution is -0.133. The van der Waals surface area contributed by atoms with Gasteiger partial charge in [0.15, 0.2) is 0 Å². The molecule has 0 saturated carbocycles. The van der Waals surface area contributed by atoms with Gasteiger partial charge in [-0.3, -0.25) is 4.79 Å². The van der Waals surface area contributed by atoms with Crippen LogP contribution in [-0.4, -0.2) is 45.4 Å². The molecule has 0 spiro atoms. The standard InChI is InChI=1S/C15H29N5O/c1-6-16-7-14-10-20(18-17-14)11-15(21)19(8-12(2)3)9-13(4)5/h10,12-13,16H,6-9,11H2,1-5H3. The molecule has 0 aromatic carbocycles. The summed E-state index contributed by atoms with van der Waals surface area (Å²) in [7, 11) is 0. The highest BCUT2D eigenvalue weighted by Crippen LogP contribution is 2.05. The molecule has 120 valence electrons. The maximum Gasteiger partial charge on any atom is 0.244 e. The predicted molar refractivity (Wildman–Crippen MR) is 83.7 cm³/mol. The minimum absolute atomic E-state index is 0.109. The van der Waals surface area contributed by atoms with Gasteiger partial charge in [0, 0.05) is 19.6 Å². The molecule has 0 radical (unpaired) electrons. The van der Waals surface area contributed by atoms with Crippen molar-refractivity contribution in [3.8, 4) is 0 Å². The third-order valence-corrected chi connectivity index (χ3v) is 2.96. The van der Waals surface area contributed by atoms with E-state index in [9.17, 15) is 4.79 Å². The molecule has 1 rings (SSSR count). The molecule has 0 fully saturated rings. The van der Waals surface area contributed by atoms with Crippen LogP contribution in [0.5, 0.6) is 0 Å². The third-order valence-electron chi connectivity index (χ3n) is 2.96. The van der Waals surface area contributed by atoms with Crippen molar-refractivity contribution in [2.75, 3.05) is 19.6 Å². The van der Waals surface area contributed by atoms with E-state index in [1.807, 2.05) is 18.0 Å². The molecule has 0 saturated heterocycles. The Morgan fingerprint density at radius 3 is 2.43 bits per heavy atom. The number of rotatable bonds is 9. The maximum atomic E-state index is 12.4. The number of amides is 1. The Labute approximate surface area is 127 Å². The quantitative estimate of drug-likeness (QED) is 0.750. The largest absolute Gasteiger partial charge is 0.341 e. The van der Waals surface area contributed by atoms with Crippen LogP contribution >= 0.6 is 0 Å². The van der Waals surface area contributed by atoms with Crippen LogP contribution in [0.3, 0.4) is 0 Å². The van der Waals surface area contributed by atoms with Crippen molar-refractivity contribution in [3.63, 3.8) is 0 Å². The second kappa shape index (κ2) is 8.77. The van der Waals surface area contributed by atoms with Crippen molar-refractivity contribution in [2.45, 2.75) is 47.7 Å². The number of aromatic nitrogens is 3. The molecule has 1 amide bonds. The van der Waals surface area contributed by atoms with E-state index in [0.717, 1.165) is 25.3 Å². The molecule has 0 aliphatic heterocycles. The van der Waals surface area contributed by atoms with Gasteiger partial charge < -0.3 is 10.2 Å². The summed E-state index contributed by atoms with van der Waals surface area (Å²) in [6.45, 7) is 14.0. The van der Waals surface area contributed by atoms with Crippen LogP contribution in [0.2, 0.25) is 0 Å². The number of nitrogens with one attached hydrogen (secondary N) is 1. The van der Waals surface area contributed by atoms with Crippen molar-refractivity contribution in [1.29, 1.82) is 0 Å². The smallest absolute Gasteiger partial charge is 0.244 e. The second-order valence-corrected chi connectivity index (χ2v) is 6.27. The summed E-state index contributed by atoms with van der Waals surface area (Å²) in [5.41, 5.74) is 0.865. The van der Waals surface area contributed by atoms with Gasteiger partial charge >= 0.3 is 0 Å². The summed E-state index contributed by atoms with van der Waals surface area (Å²) in [4.78, 5) is 14.4. The Balaban J connectivity index is 2.60. The summed E-state index contributed by atoms with van der Waals surface area (Å²) in [5.74, 6) is 1.04. The minimum Gasteiger partial charge on any atom is -0.341 e. The van der Waals surface area contributed by atoms with E-state index in [4.69, 9.17) is 0 Å². The first-order valence-electron chi connectivity index (χ1n) is 7.79. The normalized spacial score (nSPS) is 11.4. The molecule has 1 aromatic heterocycles. The molecule has 0 bridgehead atoms. The Hall–Kier alpha value is -1.43. The van der Waals surface area contributed by atoms with Gasteiger partial charge in [-0.05, 0) is 18.4 Å². The van der Waals surface area contributed by atoms with Gasteiger partial charge in [0.05, 0.1) is 11.9 Å². The Kier molecular flexibility index (Phi) is 7.36. The van der Waals surface area contributed by atoms with Crippen LogP contribution in [0, 0.1) is 11.8 Å². The maximum absolute atomic E-state index is 12.4. The molecule has 21 heavy (non-hydrogen) atoms. The Morgan fingerprint density at radius 2 is 1.90 bits per heavy atom. The molecule has 6 heteroatoms. The van der Waals surface area contributed by atoms with Gasteiger partial charge in [-0.15, -0.1) is 5.10 Å². The van der Waals surface area contributed by atoms with E-state index in [1.54, 1.807) is 4.68 Å². The van der Waals surface area contributed by atoms with Crippen LogP contribution in [0.15, 0.2) is 6.20 Å². The lowest BCUT2D eigenvalue weighted by Crippen LogP contribution is -2.39. The molecule has 0 aliphatic rings. The highest BCUT2D eigenvalue weighted by atomic mass is 16.2. The fourth-order valence-corrected chi connectivity index (χ4v) is 2.15. The van der Waals surface area contributed by atoms with Crippen LogP contribution in [0.25, 0.3) is 0 Å². The molecule has 1 N–H and O–H groups in total. The highest BCUT2D eigenvalue weighted by Gasteiger charge is 2.17. The van der Waals surface area contributed by atoms with E-state index >= 15 is 0 Å². The van der Waals surface area contributed by atoms with Crippen molar-refractivity contribution in [2.24, 2.45) is 11.8 Å². The first-order chi connectivity index (χ1) is 9.92. The molecule has 1 heterocycles. The zero-order valence-corrected chi connectivity index (χ0v) is 14.0. The van der Waals surface area contributed by atoms with Gasteiger partial charge in [0.1, 0.15) is 6.54 Å². The summed E-state index contributed by atoms with van der Waals surface area (Å²) in [5, 5.41) is 11.3. The first kappa shape index (κ1) is 17.6. The summed E-state index contributed by atoms with van der Waals surface area (Å²) < 4.78 is 1.63. The average Bonchev–Trinajstić information content (AvgIpc) is 2.82. The lowest BCUT2D eigenvalue weighted by atomic mass is 10.1. The summed E-state index contributed by atoms with van der Waals surface area (Å²) in [6.07, 6.45) is 1.84. The van der Waals surface area contributed by atoms with E-state index in [2.05, 4.69) is 43.3 Å². The zero-order chi connectivity index (χ0) is 15.8. The number of hydrogen-bond acceptors (Lipinski definition) is 4. The fourth-order valence-electron chi connectivity index (χ4n) is 2.15. The molecule has 0 aliphatic carbocycles. The summed E-state index contributed by atoms with van der Waals surface area (Å²) >= 11 is 0. The molecule has 0 atom stereocenters. The average molecular weight is 295 g/mol. The van der Waals surface area contributed by atoms with Gasteiger partial charge in [-0.25, -0.2) is 4.68 Å². The van der Waals surface area contributed by atoms with Crippen molar-refractivity contribution >= 4 is 5.91 Å². The minimum atomic E-state index is 0.109. The lowest BCUT2D eigenvalue weighted by Gasteiger charge is -2.26. The summed E-state index contributed by atoms with van der Waals surface area (Å²) in [6, 6.07) is 0. The highest BCUT2D eigenvalue weighted by molar-refractivity contribution is 5.75. The number of hydrogen-bond donors (Lipinski definition) is 1. The first-order valence-corrected chi connectivity index (χ1v) is 7.79. The number of carbonyl (C=O) groups excluding carboxylic acids is 1. The molecular weight excluding hydrogens is 266 g/mol. The fraction of sp³-hybridized carbons (Fsp3) is 0.800. The second-order valence-electron chi connectivity index (χ2n) is 6.27. The number of nitrogens with zero attached hydrogens (tertiary/aromatic N) is 4. The molecule has 0 unspecified atom stereocenters. The van der Waals surface area contributed by atoms with E-state index in [0.29, 0.717) is 18.4 Å². The Bertz CT molecular complexity index is 417. The van der Waals surface area contributed by atoms with E-state index < -0.39 is 0 Å². The van der Waals surface area contributed by atoms with E-state index in [1.165, 1.54) is 0 Å².